The smallest absolute Gasteiger partial charge is 0.339 e. The lowest BCUT2D eigenvalue weighted by atomic mass is 10.1. The number of halogens is 3. The number of rotatable bonds is 8. The van der Waals surface area contributed by atoms with Gasteiger partial charge >= 0.3 is 5.97 Å². The van der Waals surface area contributed by atoms with E-state index in [0.29, 0.717) is 77.1 Å². The molecule has 0 saturated carbocycles. The molecule has 0 aliphatic carbocycles. The number of anilines is 5. The Labute approximate surface area is 611 Å². The van der Waals surface area contributed by atoms with Crippen LogP contribution in [0.15, 0.2) is 165 Å². The standard InChI is InChI=1S/C21H22N4O3.2C17H14ClN3O2.C10H10N2O.C7H6ClNO2.C5H10O/c1-13-5-6-22-20(25-7-9-28-10-8-25)19(13)21(27)23-15-3-4-17-16(12-15)14(2)11-18(26)24-17;2*1-9-5-6-19-16(18)15(9)17(23)20-11-3-4-13-12(8-11)10(2)7-14(22)21-13;1-6-4-10(13)12-9-3-2-7(11)5-8(6)9;1-4-2-3-9-6(8)5(4)7(10)11;1-2-4-6-5-3-1/h3-6,11-12H,7-10H2,1-2H3,(H,23,27)(H,24,26);2*3-8H,1-2H3,(H,20,23)(H,21,22);2-5H,11H2,1H3,(H,12,13);2-3H,1H3,(H,10,11);1-5H2. The molecule has 14 rings (SSSR count). The van der Waals surface area contributed by atoms with E-state index in [4.69, 9.17) is 55.1 Å². The van der Waals surface area contributed by atoms with E-state index in [1.807, 2.05) is 71.0 Å². The molecule has 2 aliphatic rings. The van der Waals surface area contributed by atoms with Crippen LogP contribution in [-0.2, 0) is 9.47 Å². The van der Waals surface area contributed by atoms with Crippen molar-refractivity contribution in [1.82, 2.24) is 39.9 Å². The zero-order chi connectivity index (χ0) is 74.9. The van der Waals surface area contributed by atoms with E-state index in [2.05, 4.69) is 60.7 Å². The third-order valence-electron chi connectivity index (χ3n) is 16.8. The van der Waals surface area contributed by atoms with E-state index < -0.39 is 5.97 Å². The Balaban J connectivity index is 0.000000152. The summed E-state index contributed by atoms with van der Waals surface area (Å²) >= 11 is 17.6. The Morgan fingerprint density at radius 3 is 1.05 bits per heavy atom. The first-order chi connectivity index (χ1) is 49.7. The van der Waals surface area contributed by atoms with Crippen LogP contribution < -0.4 is 48.8 Å². The number of ether oxygens (including phenoxy) is 2. The van der Waals surface area contributed by atoms with Crippen LogP contribution in [-0.4, -0.2) is 108 Å². The summed E-state index contributed by atoms with van der Waals surface area (Å²) in [7, 11) is 0. The highest BCUT2D eigenvalue weighted by atomic mass is 35.5. The van der Waals surface area contributed by atoms with Gasteiger partial charge < -0.3 is 61.1 Å². The number of fused-ring (bicyclic) bond motifs is 4. The van der Waals surface area contributed by atoms with Gasteiger partial charge in [-0.2, -0.15) is 0 Å². The van der Waals surface area contributed by atoms with Crippen LogP contribution in [0.3, 0.4) is 0 Å². The number of pyridine rings is 8. The van der Waals surface area contributed by atoms with Crippen molar-refractivity contribution >= 4 is 131 Å². The number of H-pyrrole nitrogens is 4. The average molecular weight is 1470 g/mol. The molecule has 0 spiro atoms. The zero-order valence-electron chi connectivity index (χ0n) is 58.2. The maximum Gasteiger partial charge on any atom is 0.339 e. The van der Waals surface area contributed by atoms with Gasteiger partial charge in [0.1, 0.15) is 21.3 Å². The van der Waals surface area contributed by atoms with E-state index in [0.717, 1.165) is 95.8 Å². The molecule has 8 aromatic heterocycles. The highest BCUT2D eigenvalue weighted by Gasteiger charge is 2.23. The summed E-state index contributed by atoms with van der Waals surface area (Å²) in [6.45, 7) is 19.3. The van der Waals surface area contributed by atoms with Gasteiger partial charge in [-0.3, -0.25) is 33.6 Å². The van der Waals surface area contributed by atoms with Crippen LogP contribution in [0, 0.1) is 55.4 Å². The summed E-state index contributed by atoms with van der Waals surface area (Å²) in [5, 5.41) is 21.3. The van der Waals surface area contributed by atoms with E-state index in [-0.39, 0.29) is 61.0 Å². The number of hydrogen-bond acceptors (Lipinski definition) is 16. The maximum atomic E-state index is 13.1. The summed E-state index contributed by atoms with van der Waals surface area (Å²) in [6, 6.07) is 34.6. The first kappa shape index (κ1) is 76.8. The van der Waals surface area contributed by atoms with Crippen LogP contribution >= 0.6 is 34.8 Å². The van der Waals surface area contributed by atoms with Crippen molar-refractivity contribution in [2.24, 2.45) is 0 Å². The summed E-state index contributed by atoms with van der Waals surface area (Å²) in [5.74, 6) is -1.19. The van der Waals surface area contributed by atoms with Crippen molar-refractivity contribution in [3.63, 3.8) is 0 Å². The van der Waals surface area contributed by atoms with Gasteiger partial charge in [-0.1, -0.05) is 34.8 Å². The molecule has 2 aliphatic heterocycles. The molecule has 3 amide bonds. The number of aromatic carboxylic acids is 1. The molecule has 536 valence electrons. The molecular weight excluding hydrogens is 1390 g/mol. The number of carbonyl (C=O) groups is 4. The topological polar surface area (TPSA) is 355 Å². The number of nitrogens with one attached hydrogen (secondary N) is 7. The number of carboxylic acids is 1. The molecule has 12 aromatic rings. The predicted molar refractivity (Wildman–Crippen MR) is 411 cm³/mol. The Hall–Kier alpha value is -11.4. The second-order valence-electron chi connectivity index (χ2n) is 24.5. The highest BCUT2D eigenvalue weighted by molar-refractivity contribution is 6.34. The van der Waals surface area contributed by atoms with E-state index in [1.165, 1.54) is 37.6 Å². The van der Waals surface area contributed by atoms with E-state index in [9.17, 15) is 38.4 Å². The molecule has 0 bridgehead atoms. The Morgan fingerprint density at radius 2 is 0.721 bits per heavy atom. The fourth-order valence-corrected chi connectivity index (χ4v) is 12.3. The first-order valence-corrected chi connectivity index (χ1v) is 34.0. The fraction of sp³-hybridized carbons (Fsp3) is 0.221. The lowest BCUT2D eigenvalue weighted by molar-refractivity contribution is 0.0695. The number of nitrogen functional groups attached to an aromatic ring is 1. The Kier molecular flexibility index (Phi) is 26.2. The minimum atomic E-state index is -1.04. The SMILES string of the molecule is C1CCOCC1.Cc1cc(=O)[nH]c2ccc(N)cc12.Cc1ccnc(Cl)c1C(=O)Nc1ccc2[nH]c(=O)cc(C)c2c1.Cc1ccnc(Cl)c1C(=O)Nc1ccc2[nH]c(=O)cc(C)c2c1.Cc1ccnc(Cl)c1C(=O)O.Cc1ccnc(N2CCOCC2)c1C(=O)Nc1ccc2[nH]c(=O)cc(C)c2c1. The van der Waals surface area contributed by atoms with Crippen LogP contribution in [0.2, 0.25) is 15.5 Å². The molecule has 2 fully saturated rings. The lowest BCUT2D eigenvalue weighted by Crippen LogP contribution is -2.38. The largest absolute Gasteiger partial charge is 0.478 e. The molecule has 24 nitrogen and oxygen atoms in total. The molecule has 27 heteroatoms. The number of nitrogens with zero attached hydrogens (tertiary/aromatic N) is 5. The highest BCUT2D eigenvalue weighted by Crippen LogP contribution is 2.28. The summed E-state index contributed by atoms with van der Waals surface area (Å²) in [6.07, 6.45) is 10.3. The molecule has 0 atom stereocenters. The third-order valence-corrected chi connectivity index (χ3v) is 17.6. The van der Waals surface area contributed by atoms with Crippen molar-refractivity contribution in [2.75, 3.05) is 66.1 Å². The van der Waals surface area contributed by atoms with Crippen molar-refractivity contribution < 1.29 is 33.8 Å². The number of morpholine rings is 1. The number of carboxylic acid groups (broad SMARTS) is 1. The number of benzene rings is 4. The monoisotopic (exact) mass is 1460 g/mol. The molecular formula is C77H76Cl3N13O11. The fourth-order valence-electron chi connectivity index (χ4n) is 11.4. The quantitative estimate of drug-likeness (QED) is 0.0504. The Morgan fingerprint density at radius 1 is 0.404 bits per heavy atom. The maximum absolute atomic E-state index is 13.1. The number of aromatic amines is 4. The van der Waals surface area contributed by atoms with E-state index >= 15 is 0 Å². The third kappa shape index (κ3) is 20.0. The van der Waals surface area contributed by atoms with Gasteiger partial charge in [0.25, 0.3) is 17.7 Å². The summed E-state index contributed by atoms with van der Waals surface area (Å²) in [5.41, 5.74) is 18.6. The average Bonchev–Trinajstić information content (AvgIpc) is 0.802. The first-order valence-electron chi connectivity index (χ1n) is 32.9. The summed E-state index contributed by atoms with van der Waals surface area (Å²) in [4.78, 5) is 123. The zero-order valence-corrected chi connectivity index (χ0v) is 60.5. The van der Waals surface area contributed by atoms with Crippen molar-refractivity contribution in [3.05, 3.63) is 270 Å². The van der Waals surface area contributed by atoms with Crippen molar-refractivity contribution in [1.29, 1.82) is 0 Å². The van der Waals surface area contributed by atoms with Crippen LogP contribution in [0.4, 0.5) is 28.6 Å². The minimum Gasteiger partial charge on any atom is -0.478 e. The van der Waals surface area contributed by atoms with Gasteiger partial charge in [0.2, 0.25) is 22.2 Å². The van der Waals surface area contributed by atoms with E-state index in [1.54, 1.807) is 112 Å². The molecule has 10 N–H and O–H groups in total. The minimum absolute atomic E-state index is 0.0394. The number of aromatic nitrogens is 8. The summed E-state index contributed by atoms with van der Waals surface area (Å²) < 4.78 is 10.5. The normalized spacial score (nSPS) is 12.3. The molecule has 2 saturated heterocycles. The second kappa shape index (κ2) is 35.5. The van der Waals surface area contributed by atoms with Crippen LogP contribution in [0.1, 0.15) is 105 Å². The number of aryl methyl sites for hydroxylation is 8. The number of carbonyl (C=O) groups excluding carboxylic acids is 3. The number of hydrogen-bond donors (Lipinski definition) is 9. The molecule has 0 unspecified atom stereocenters. The van der Waals surface area contributed by atoms with Gasteiger partial charge in [0.05, 0.1) is 35.5 Å². The predicted octanol–water partition coefficient (Wildman–Crippen LogP) is 13.9. The molecule has 10 heterocycles. The number of amides is 3. The van der Waals surface area contributed by atoms with Crippen molar-refractivity contribution in [2.45, 2.75) is 74.7 Å². The van der Waals surface area contributed by atoms with Gasteiger partial charge in [0.15, 0.2) is 0 Å². The van der Waals surface area contributed by atoms with Crippen LogP contribution in [0.5, 0.6) is 0 Å². The number of nitrogens with two attached hydrogens (primary N) is 1. The van der Waals surface area contributed by atoms with Gasteiger partial charge in [-0.25, -0.2) is 24.7 Å². The second-order valence-corrected chi connectivity index (χ2v) is 25.6. The molecule has 0 radical (unpaired) electrons. The van der Waals surface area contributed by atoms with Crippen LogP contribution in [0.25, 0.3) is 43.6 Å². The molecule has 4 aromatic carbocycles. The van der Waals surface area contributed by atoms with Gasteiger partial charge in [-0.05, 0) is 216 Å². The van der Waals surface area contributed by atoms with Crippen molar-refractivity contribution in [3.8, 4) is 0 Å². The van der Waals surface area contributed by atoms with Gasteiger partial charge in [0, 0.05) is 142 Å². The van der Waals surface area contributed by atoms with Gasteiger partial charge in [-0.15, -0.1) is 0 Å². The lowest BCUT2D eigenvalue weighted by Gasteiger charge is -2.29. The Bertz CT molecular complexity index is 5230. The molecule has 104 heavy (non-hydrogen) atoms.